The first-order valence-electron chi connectivity index (χ1n) is 7.41. The molecule has 5 nitrogen and oxygen atoms in total. The van der Waals surface area contributed by atoms with Crippen LogP contribution in [0.1, 0.15) is 56.1 Å². The average molecular weight is 291 g/mol. The van der Waals surface area contributed by atoms with E-state index in [9.17, 15) is 0 Å². The second-order valence-electron chi connectivity index (χ2n) is 5.37. The van der Waals surface area contributed by atoms with Crippen LogP contribution in [0.3, 0.4) is 0 Å². The highest BCUT2D eigenvalue weighted by Gasteiger charge is 2.19. The van der Waals surface area contributed by atoms with E-state index in [1.165, 1.54) is 37.2 Å². The number of rotatable bonds is 6. The topological polar surface area (TPSA) is 55.6 Å². The number of hydrogen-bond acceptors (Lipinski definition) is 5. The molecule has 3 rings (SSSR count). The Morgan fingerprint density at radius 2 is 2.30 bits per heavy atom. The molecule has 2 aromatic rings. The summed E-state index contributed by atoms with van der Waals surface area (Å²) in [6.07, 6.45) is 8.23. The van der Waals surface area contributed by atoms with Gasteiger partial charge in [0.1, 0.15) is 0 Å². The summed E-state index contributed by atoms with van der Waals surface area (Å²) in [5.41, 5.74) is 2.16. The number of aromatic nitrogens is 4. The Bertz CT molecular complexity index is 515. The van der Waals surface area contributed by atoms with Gasteiger partial charge in [-0.1, -0.05) is 24.3 Å². The van der Waals surface area contributed by atoms with Crippen LogP contribution in [-0.4, -0.2) is 25.9 Å². The normalized spacial score (nSPS) is 17.6. The lowest BCUT2D eigenvalue weighted by Crippen LogP contribution is -2.23. The summed E-state index contributed by atoms with van der Waals surface area (Å²) in [7, 11) is 0. The Kier molecular flexibility index (Phi) is 4.42. The maximum atomic E-state index is 4.76. The second kappa shape index (κ2) is 6.45. The Labute approximate surface area is 123 Å². The molecular formula is C14H21N5S. The van der Waals surface area contributed by atoms with Crippen molar-refractivity contribution in [3.8, 4) is 0 Å². The molecule has 1 unspecified atom stereocenters. The fourth-order valence-corrected chi connectivity index (χ4v) is 3.43. The van der Waals surface area contributed by atoms with E-state index in [-0.39, 0.29) is 6.04 Å². The van der Waals surface area contributed by atoms with Crippen molar-refractivity contribution in [2.45, 2.75) is 51.1 Å². The van der Waals surface area contributed by atoms with Gasteiger partial charge in [0.15, 0.2) is 0 Å². The lowest BCUT2D eigenvalue weighted by atomic mass is 10.1. The fourth-order valence-electron chi connectivity index (χ4n) is 2.92. The zero-order valence-corrected chi connectivity index (χ0v) is 12.6. The molecule has 0 bridgehead atoms. The molecule has 2 aromatic heterocycles. The van der Waals surface area contributed by atoms with Gasteiger partial charge in [-0.25, -0.2) is 0 Å². The molecule has 0 amide bonds. The molecule has 0 saturated heterocycles. The maximum Gasteiger partial charge on any atom is 0.0928 e. The zero-order chi connectivity index (χ0) is 13.8. The number of likely N-dealkylation sites (N-methyl/N-ethyl adjacent to an activating group) is 1. The van der Waals surface area contributed by atoms with Crippen molar-refractivity contribution >= 4 is 11.5 Å². The van der Waals surface area contributed by atoms with Crippen LogP contribution < -0.4 is 5.32 Å². The highest BCUT2D eigenvalue weighted by molar-refractivity contribution is 7.03. The molecule has 1 aliphatic rings. The summed E-state index contributed by atoms with van der Waals surface area (Å²) in [6.45, 7) is 3.04. The number of hydrogen-bond donors (Lipinski definition) is 1. The zero-order valence-electron chi connectivity index (χ0n) is 11.8. The van der Waals surface area contributed by atoms with Crippen molar-refractivity contribution in [3.63, 3.8) is 0 Å². The highest BCUT2D eigenvalue weighted by Crippen LogP contribution is 2.29. The first-order valence-corrected chi connectivity index (χ1v) is 8.25. The standard InChI is InChI=1S/C14H21N5S/c1-2-15-13(14-10-20-18-16-14)9-11-7-8-19(17-11)12-5-3-4-6-12/h7-8,10,12-13,15H,2-6,9H2,1H3. The minimum Gasteiger partial charge on any atom is -0.308 e. The Morgan fingerprint density at radius 3 is 3.00 bits per heavy atom. The molecule has 0 aliphatic heterocycles. The summed E-state index contributed by atoms with van der Waals surface area (Å²) >= 11 is 1.40. The van der Waals surface area contributed by atoms with Gasteiger partial charge >= 0.3 is 0 Å². The lowest BCUT2D eigenvalue weighted by Gasteiger charge is -2.14. The fraction of sp³-hybridized carbons (Fsp3) is 0.643. The summed E-state index contributed by atoms with van der Waals surface area (Å²) in [5.74, 6) is 0. The van der Waals surface area contributed by atoms with Gasteiger partial charge in [-0.2, -0.15) is 5.10 Å². The third-order valence-electron chi connectivity index (χ3n) is 3.96. The van der Waals surface area contributed by atoms with Crippen molar-refractivity contribution in [2.24, 2.45) is 0 Å². The Hall–Kier alpha value is -1.27. The second-order valence-corrected chi connectivity index (χ2v) is 5.98. The minimum absolute atomic E-state index is 0.214. The van der Waals surface area contributed by atoms with Gasteiger partial charge in [0.25, 0.3) is 0 Å². The monoisotopic (exact) mass is 291 g/mol. The highest BCUT2D eigenvalue weighted by atomic mass is 32.1. The SMILES string of the molecule is CCNC(Cc1ccn(C2CCCC2)n1)c1csnn1. The maximum absolute atomic E-state index is 4.76. The van der Waals surface area contributed by atoms with Crippen LogP contribution in [0.4, 0.5) is 0 Å². The molecule has 1 aliphatic carbocycles. The van der Waals surface area contributed by atoms with Crippen LogP contribution in [0.2, 0.25) is 0 Å². The van der Waals surface area contributed by atoms with Gasteiger partial charge in [-0.05, 0) is 37.0 Å². The van der Waals surface area contributed by atoms with Crippen molar-refractivity contribution in [1.82, 2.24) is 24.7 Å². The summed E-state index contributed by atoms with van der Waals surface area (Å²) < 4.78 is 6.12. The van der Waals surface area contributed by atoms with E-state index in [0.29, 0.717) is 6.04 Å². The van der Waals surface area contributed by atoms with Crippen LogP contribution >= 0.6 is 11.5 Å². The largest absolute Gasteiger partial charge is 0.308 e. The predicted molar refractivity (Wildman–Crippen MR) is 79.8 cm³/mol. The number of nitrogens with zero attached hydrogens (tertiary/aromatic N) is 4. The van der Waals surface area contributed by atoms with E-state index in [2.05, 4.69) is 38.8 Å². The molecule has 0 aromatic carbocycles. The predicted octanol–water partition coefficient (Wildman–Crippen LogP) is 2.74. The third kappa shape index (κ3) is 3.07. The first kappa shape index (κ1) is 13.7. The van der Waals surface area contributed by atoms with Crippen LogP contribution in [0.5, 0.6) is 0 Å². The quantitative estimate of drug-likeness (QED) is 0.889. The van der Waals surface area contributed by atoms with Crippen LogP contribution in [0.25, 0.3) is 0 Å². The third-order valence-corrected chi connectivity index (χ3v) is 4.48. The van der Waals surface area contributed by atoms with Gasteiger partial charge in [0.05, 0.1) is 23.5 Å². The molecular weight excluding hydrogens is 270 g/mol. The molecule has 1 saturated carbocycles. The molecule has 0 spiro atoms. The van der Waals surface area contributed by atoms with E-state index in [4.69, 9.17) is 5.10 Å². The van der Waals surface area contributed by atoms with Crippen molar-refractivity contribution in [1.29, 1.82) is 0 Å². The van der Waals surface area contributed by atoms with E-state index >= 15 is 0 Å². The Morgan fingerprint density at radius 1 is 1.45 bits per heavy atom. The van der Waals surface area contributed by atoms with Crippen LogP contribution in [0.15, 0.2) is 17.6 Å². The van der Waals surface area contributed by atoms with Crippen molar-refractivity contribution in [3.05, 3.63) is 29.0 Å². The van der Waals surface area contributed by atoms with E-state index < -0.39 is 0 Å². The molecule has 108 valence electrons. The molecule has 2 heterocycles. The van der Waals surface area contributed by atoms with Gasteiger partial charge in [0.2, 0.25) is 0 Å². The summed E-state index contributed by atoms with van der Waals surface area (Å²) in [6, 6.07) is 2.97. The van der Waals surface area contributed by atoms with Crippen molar-refractivity contribution in [2.75, 3.05) is 6.54 Å². The van der Waals surface area contributed by atoms with Crippen molar-refractivity contribution < 1.29 is 0 Å². The molecule has 1 N–H and O–H groups in total. The van der Waals surface area contributed by atoms with Gasteiger partial charge in [-0.3, -0.25) is 4.68 Å². The molecule has 20 heavy (non-hydrogen) atoms. The van der Waals surface area contributed by atoms with E-state index in [0.717, 1.165) is 24.4 Å². The molecule has 1 atom stereocenters. The smallest absolute Gasteiger partial charge is 0.0928 e. The first-order chi connectivity index (χ1) is 9.86. The average Bonchev–Trinajstić information content (AvgIpc) is 3.20. The van der Waals surface area contributed by atoms with Crippen LogP contribution in [0, 0.1) is 0 Å². The van der Waals surface area contributed by atoms with Crippen LogP contribution in [-0.2, 0) is 6.42 Å². The molecule has 1 fully saturated rings. The molecule has 6 heteroatoms. The molecule has 0 radical (unpaired) electrons. The van der Waals surface area contributed by atoms with E-state index in [1.54, 1.807) is 0 Å². The summed E-state index contributed by atoms with van der Waals surface area (Å²) in [4.78, 5) is 0. The Balaban J connectivity index is 1.69. The van der Waals surface area contributed by atoms with Gasteiger partial charge in [-0.15, -0.1) is 5.10 Å². The number of nitrogens with one attached hydrogen (secondary N) is 1. The van der Waals surface area contributed by atoms with Gasteiger partial charge in [0, 0.05) is 18.0 Å². The summed E-state index contributed by atoms with van der Waals surface area (Å²) in [5, 5.41) is 14.4. The van der Waals surface area contributed by atoms with E-state index in [1.807, 2.05) is 5.38 Å². The van der Waals surface area contributed by atoms with Gasteiger partial charge < -0.3 is 5.32 Å². The minimum atomic E-state index is 0.214. The lowest BCUT2D eigenvalue weighted by molar-refractivity contribution is 0.456.